The van der Waals surface area contributed by atoms with Crippen molar-refractivity contribution in [2.75, 3.05) is 27.2 Å². The minimum atomic E-state index is -0.365. The lowest BCUT2D eigenvalue weighted by Crippen LogP contribution is -2.56. The highest BCUT2D eigenvalue weighted by Gasteiger charge is 2.46. The molecule has 0 N–H and O–H groups in total. The summed E-state index contributed by atoms with van der Waals surface area (Å²) in [4.78, 5) is 21.2. The van der Waals surface area contributed by atoms with Gasteiger partial charge in [-0.05, 0) is 50.2 Å². The topological polar surface area (TPSA) is 80.0 Å². The Kier molecular flexibility index (Phi) is 4.74. The van der Waals surface area contributed by atoms with Crippen LogP contribution in [0.15, 0.2) is 10.9 Å². The van der Waals surface area contributed by atoms with E-state index in [2.05, 4.69) is 39.5 Å². The van der Waals surface area contributed by atoms with Gasteiger partial charge in [-0.1, -0.05) is 12.8 Å². The Morgan fingerprint density at radius 3 is 2.81 bits per heavy atom. The molecule has 9 heteroatoms. The molecular formula is C17H25N7OS. The summed E-state index contributed by atoms with van der Waals surface area (Å²) < 4.78 is 2.03. The van der Waals surface area contributed by atoms with Crippen LogP contribution in [-0.2, 0) is 5.54 Å². The summed E-state index contributed by atoms with van der Waals surface area (Å²) in [5.74, 6) is 0.891. The van der Waals surface area contributed by atoms with E-state index in [0.29, 0.717) is 18.3 Å². The molecule has 0 aromatic carbocycles. The number of likely N-dealkylation sites (N-methyl/N-ethyl adjacent to an activating group) is 1. The molecule has 1 aliphatic heterocycles. The van der Waals surface area contributed by atoms with Crippen LogP contribution < -0.4 is 0 Å². The van der Waals surface area contributed by atoms with Gasteiger partial charge < -0.3 is 4.90 Å². The Hall–Kier alpha value is -1.87. The van der Waals surface area contributed by atoms with Crippen molar-refractivity contribution >= 4 is 17.2 Å². The highest BCUT2D eigenvalue weighted by molar-refractivity contribution is 7.07. The highest BCUT2D eigenvalue weighted by Crippen LogP contribution is 2.38. The number of carbonyl (C=O) groups is 1. The van der Waals surface area contributed by atoms with E-state index in [1.165, 1.54) is 24.2 Å². The summed E-state index contributed by atoms with van der Waals surface area (Å²) in [6.45, 7) is 1.33. The predicted molar refractivity (Wildman–Crippen MR) is 97.9 cm³/mol. The number of hydrogen-bond acceptors (Lipinski definition) is 7. The zero-order valence-corrected chi connectivity index (χ0v) is 16.2. The number of likely N-dealkylation sites (tertiary alicyclic amines) is 1. The van der Waals surface area contributed by atoms with E-state index >= 15 is 0 Å². The minimum absolute atomic E-state index is 0.00272. The molecule has 3 heterocycles. The number of aromatic nitrogens is 5. The van der Waals surface area contributed by atoms with E-state index in [1.54, 1.807) is 5.51 Å². The first-order valence-corrected chi connectivity index (χ1v) is 10.2. The van der Waals surface area contributed by atoms with Crippen LogP contribution in [0.1, 0.15) is 60.9 Å². The zero-order chi connectivity index (χ0) is 18.1. The van der Waals surface area contributed by atoms with Crippen LogP contribution in [0.2, 0.25) is 0 Å². The smallest absolute Gasteiger partial charge is 0.273 e. The second-order valence-corrected chi connectivity index (χ2v) is 8.23. The third-order valence-electron chi connectivity index (χ3n) is 5.85. The van der Waals surface area contributed by atoms with Gasteiger partial charge in [0, 0.05) is 18.5 Å². The van der Waals surface area contributed by atoms with Crippen LogP contribution in [-0.4, -0.2) is 68.1 Å². The van der Waals surface area contributed by atoms with Gasteiger partial charge >= 0.3 is 0 Å². The van der Waals surface area contributed by atoms with Crippen LogP contribution in [0.25, 0.3) is 0 Å². The Balaban J connectivity index is 1.67. The second-order valence-electron chi connectivity index (χ2n) is 7.52. The molecule has 1 aliphatic carbocycles. The molecule has 0 spiro atoms. The summed E-state index contributed by atoms with van der Waals surface area (Å²) in [6, 6.07) is 0.376. The number of tetrazole rings is 1. The lowest BCUT2D eigenvalue weighted by molar-refractivity contribution is 0.0247. The molecule has 2 aliphatic rings. The van der Waals surface area contributed by atoms with Crippen LogP contribution in [0.3, 0.4) is 0 Å². The SMILES string of the molecule is CN(C)C1(c2nnnn2C2CCCC2)CCCN(C(=O)c2cscn2)C1. The molecule has 1 atom stereocenters. The van der Waals surface area contributed by atoms with Gasteiger partial charge in [0.25, 0.3) is 5.91 Å². The number of piperidine rings is 1. The fraction of sp³-hybridized carbons (Fsp3) is 0.706. The molecule has 8 nitrogen and oxygen atoms in total. The Bertz CT molecular complexity index is 753. The van der Waals surface area contributed by atoms with Gasteiger partial charge in [-0.15, -0.1) is 16.4 Å². The van der Waals surface area contributed by atoms with Crippen LogP contribution in [0.4, 0.5) is 0 Å². The van der Waals surface area contributed by atoms with Crippen molar-refractivity contribution in [2.24, 2.45) is 0 Å². The molecule has 2 aromatic rings. The molecule has 1 amide bonds. The number of rotatable bonds is 4. The van der Waals surface area contributed by atoms with Crippen molar-refractivity contribution < 1.29 is 4.79 Å². The Morgan fingerprint density at radius 2 is 2.12 bits per heavy atom. The van der Waals surface area contributed by atoms with Crippen molar-refractivity contribution in [3.63, 3.8) is 0 Å². The first kappa shape index (κ1) is 17.5. The quantitative estimate of drug-likeness (QED) is 0.812. The van der Waals surface area contributed by atoms with Gasteiger partial charge in [0.2, 0.25) is 0 Å². The lowest BCUT2D eigenvalue weighted by Gasteiger charge is -2.46. The highest BCUT2D eigenvalue weighted by atomic mass is 32.1. The number of nitrogens with zero attached hydrogens (tertiary/aromatic N) is 7. The molecular weight excluding hydrogens is 350 g/mol. The van der Waals surface area contributed by atoms with Gasteiger partial charge in [0.15, 0.2) is 5.82 Å². The number of thiazole rings is 1. The number of amides is 1. The zero-order valence-electron chi connectivity index (χ0n) is 15.3. The van der Waals surface area contributed by atoms with Gasteiger partial charge in [-0.2, -0.15) is 0 Å². The van der Waals surface area contributed by atoms with Crippen molar-refractivity contribution in [3.8, 4) is 0 Å². The van der Waals surface area contributed by atoms with E-state index in [1.807, 2.05) is 15.0 Å². The third kappa shape index (κ3) is 2.92. The van der Waals surface area contributed by atoms with E-state index in [0.717, 1.165) is 38.1 Å². The van der Waals surface area contributed by atoms with Crippen molar-refractivity contribution in [2.45, 2.75) is 50.1 Å². The first-order chi connectivity index (χ1) is 12.6. The summed E-state index contributed by atoms with van der Waals surface area (Å²) in [7, 11) is 4.12. The van der Waals surface area contributed by atoms with E-state index in [4.69, 9.17) is 0 Å². The first-order valence-electron chi connectivity index (χ1n) is 9.25. The summed E-state index contributed by atoms with van der Waals surface area (Å²) in [5, 5.41) is 14.6. The average molecular weight is 376 g/mol. The largest absolute Gasteiger partial charge is 0.335 e. The van der Waals surface area contributed by atoms with Crippen LogP contribution in [0.5, 0.6) is 0 Å². The van der Waals surface area contributed by atoms with Crippen molar-refractivity contribution in [1.82, 2.24) is 35.0 Å². The summed E-state index contributed by atoms with van der Waals surface area (Å²) >= 11 is 1.45. The molecule has 26 heavy (non-hydrogen) atoms. The van der Waals surface area contributed by atoms with Crippen molar-refractivity contribution in [3.05, 3.63) is 22.4 Å². The summed E-state index contributed by atoms with van der Waals surface area (Å²) in [5.41, 5.74) is 1.87. The van der Waals surface area contributed by atoms with Gasteiger partial charge in [-0.25, -0.2) is 9.67 Å². The van der Waals surface area contributed by atoms with E-state index < -0.39 is 0 Å². The molecule has 0 bridgehead atoms. The maximum atomic E-state index is 12.9. The molecule has 140 valence electrons. The van der Waals surface area contributed by atoms with Gasteiger partial charge in [-0.3, -0.25) is 9.69 Å². The average Bonchev–Trinajstić information content (AvgIpc) is 3.42. The maximum absolute atomic E-state index is 12.9. The fourth-order valence-corrected chi connectivity index (χ4v) is 4.86. The summed E-state index contributed by atoms with van der Waals surface area (Å²) in [6.07, 6.45) is 6.58. The molecule has 0 radical (unpaired) electrons. The fourth-order valence-electron chi connectivity index (χ4n) is 4.33. The molecule has 1 saturated carbocycles. The predicted octanol–water partition coefficient (Wildman–Crippen LogP) is 1.94. The Morgan fingerprint density at radius 1 is 1.31 bits per heavy atom. The normalized spacial score (nSPS) is 24.5. The maximum Gasteiger partial charge on any atom is 0.273 e. The van der Waals surface area contributed by atoms with Crippen molar-refractivity contribution in [1.29, 1.82) is 0 Å². The third-order valence-corrected chi connectivity index (χ3v) is 6.43. The number of carbonyl (C=O) groups excluding carboxylic acids is 1. The second kappa shape index (κ2) is 7.03. The van der Waals surface area contributed by atoms with E-state index in [-0.39, 0.29) is 11.4 Å². The van der Waals surface area contributed by atoms with Gasteiger partial charge in [0.05, 0.1) is 11.6 Å². The van der Waals surface area contributed by atoms with Crippen LogP contribution in [0, 0.1) is 0 Å². The lowest BCUT2D eigenvalue weighted by atomic mass is 9.86. The monoisotopic (exact) mass is 375 g/mol. The number of hydrogen-bond donors (Lipinski definition) is 0. The van der Waals surface area contributed by atoms with E-state index in [9.17, 15) is 4.79 Å². The Labute approximate surface area is 157 Å². The molecule has 4 rings (SSSR count). The molecule has 1 unspecified atom stereocenters. The van der Waals surface area contributed by atoms with Gasteiger partial charge in [0.1, 0.15) is 11.2 Å². The molecule has 2 fully saturated rings. The standard InChI is InChI=1S/C17H25N7OS/c1-22(2)17(16-19-20-21-24(16)13-6-3-4-7-13)8-5-9-23(11-17)15(25)14-10-26-12-18-14/h10,12-13H,3-9,11H2,1-2H3. The molecule has 2 aromatic heterocycles. The molecule has 1 saturated heterocycles. The van der Waals surface area contributed by atoms with Crippen LogP contribution >= 0.6 is 11.3 Å². The minimum Gasteiger partial charge on any atom is -0.335 e.